The Hall–Kier alpha value is -4.26. The summed E-state index contributed by atoms with van der Waals surface area (Å²) in [6.45, 7) is 8.31. The van der Waals surface area contributed by atoms with Crippen LogP contribution in [-0.2, 0) is 20.1 Å². The first-order valence-corrected chi connectivity index (χ1v) is 14.1. The third-order valence-electron chi connectivity index (χ3n) is 7.02. The molecule has 0 saturated carbocycles. The van der Waals surface area contributed by atoms with Crippen molar-refractivity contribution in [1.29, 1.82) is 0 Å². The van der Waals surface area contributed by atoms with Gasteiger partial charge >= 0.3 is 0 Å². The van der Waals surface area contributed by atoms with E-state index >= 15 is 0 Å². The molecule has 0 amide bonds. The van der Waals surface area contributed by atoms with E-state index in [1.165, 1.54) is 0 Å². The fraction of sp³-hybridized carbons (Fsp3) is 0.143. The molecule has 4 aromatic rings. The van der Waals surface area contributed by atoms with E-state index in [0.717, 1.165) is 54.5 Å². The number of hydrogen-bond donors (Lipinski definition) is 0. The van der Waals surface area contributed by atoms with Crippen LogP contribution in [0.3, 0.4) is 0 Å². The van der Waals surface area contributed by atoms with Crippen LogP contribution in [-0.4, -0.2) is 34.9 Å². The molecule has 0 aliphatic carbocycles. The van der Waals surface area contributed by atoms with Gasteiger partial charge in [-0.1, -0.05) is 0 Å². The molecular formula is C35H33IrN7-6. The molecule has 4 heterocycles. The second-order valence-electron chi connectivity index (χ2n) is 10.0. The van der Waals surface area contributed by atoms with Gasteiger partial charge in [0.25, 0.3) is 0 Å². The first kappa shape index (κ1) is 30.2. The molecule has 0 N–H and O–H groups in total. The standard InChI is InChI=1S/C22H22N4.C13H11N3.Ir/c1-3-9-21(10-4-1)25-17-15-23(19-25)13-7-8-14-24-16-18-26(20-24)22-11-5-2-6-12-22;1-15-10-16(11-6-3-2-4-7-11)13-12(15)8-5-9-14-13;/h1-6,9,11,15-20H,7-8,13-14H2;2-6,8-10H,1H3;/q-4;-2;. The second kappa shape index (κ2) is 14.8. The van der Waals surface area contributed by atoms with E-state index in [-0.39, 0.29) is 20.1 Å². The number of anilines is 5. The zero-order valence-corrected chi connectivity index (χ0v) is 26.4. The van der Waals surface area contributed by atoms with Crippen LogP contribution < -0.4 is 19.6 Å². The fourth-order valence-corrected chi connectivity index (χ4v) is 4.87. The average Bonchev–Trinajstić information content (AvgIpc) is 3.81. The fourth-order valence-electron chi connectivity index (χ4n) is 4.87. The van der Waals surface area contributed by atoms with Crippen LogP contribution in [0.4, 0.5) is 28.6 Å². The zero-order chi connectivity index (χ0) is 28.6. The zero-order valence-electron chi connectivity index (χ0n) is 24.0. The van der Waals surface area contributed by atoms with Gasteiger partial charge in [-0.15, -0.1) is 17.1 Å². The van der Waals surface area contributed by atoms with Gasteiger partial charge in [-0.2, -0.15) is 111 Å². The second-order valence-corrected chi connectivity index (χ2v) is 10.0. The number of nitrogens with zero attached hydrogens (tertiary/aromatic N) is 7. The Morgan fingerprint density at radius 3 is 1.67 bits per heavy atom. The average molecular weight is 744 g/mol. The molecule has 7 nitrogen and oxygen atoms in total. The molecule has 0 unspecified atom stereocenters. The summed E-state index contributed by atoms with van der Waals surface area (Å²) in [6, 6.07) is 37.6. The van der Waals surface area contributed by atoms with Crippen molar-refractivity contribution in [3.63, 3.8) is 0 Å². The molecule has 8 heteroatoms. The predicted octanol–water partition coefficient (Wildman–Crippen LogP) is 6.78. The third kappa shape index (κ3) is 7.58. The van der Waals surface area contributed by atoms with Crippen LogP contribution in [0.1, 0.15) is 12.8 Å². The smallest absolute Gasteiger partial charge is 0.124 e. The molecule has 0 fully saturated rings. The van der Waals surface area contributed by atoms with E-state index in [4.69, 9.17) is 0 Å². The number of para-hydroxylation sites is 3. The Kier molecular flexibility index (Phi) is 10.4. The van der Waals surface area contributed by atoms with Crippen molar-refractivity contribution in [2.45, 2.75) is 12.8 Å². The first-order chi connectivity index (χ1) is 20.7. The Morgan fingerprint density at radius 2 is 1.16 bits per heavy atom. The van der Waals surface area contributed by atoms with Crippen molar-refractivity contribution < 1.29 is 20.1 Å². The van der Waals surface area contributed by atoms with Gasteiger partial charge in [-0.3, -0.25) is 0 Å². The van der Waals surface area contributed by atoms with Crippen molar-refractivity contribution >= 4 is 28.6 Å². The maximum atomic E-state index is 4.40. The van der Waals surface area contributed by atoms with Crippen LogP contribution in [0.2, 0.25) is 0 Å². The van der Waals surface area contributed by atoms with E-state index in [0.29, 0.717) is 0 Å². The molecule has 43 heavy (non-hydrogen) atoms. The normalized spacial score (nSPS) is 15.0. The van der Waals surface area contributed by atoms with Crippen LogP contribution in [0.5, 0.6) is 0 Å². The molecule has 0 saturated heterocycles. The van der Waals surface area contributed by atoms with Crippen LogP contribution in [0, 0.1) is 38.2 Å². The Bertz CT molecular complexity index is 1400. The van der Waals surface area contributed by atoms with E-state index in [1.807, 2.05) is 91.5 Å². The van der Waals surface area contributed by atoms with Gasteiger partial charge in [0, 0.05) is 32.0 Å². The molecule has 0 atom stereocenters. The predicted molar refractivity (Wildman–Crippen MR) is 169 cm³/mol. The monoisotopic (exact) mass is 744 g/mol. The summed E-state index contributed by atoms with van der Waals surface area (Å²) in [6.07, 6.45) is 12.5. The van der Waals surface area contributed by atoms with Crippen molar-refractivity contribution in [3.05, 3.63) is 154 Å². The van der Waals surface area contributed by atoms with Crippen LogP contribution >= 0.6 is 0 Å². The maximum Gasteiger partial charge on any atom is 0.124 e. The Balaban J connectivity index is 0.000000186. The molecule has 1 aromatic heterocycles. The Morgan fingerprint density at radius 1 is 0.628 bits per heavy atom. The minimum absolute atomic E-state index is 0. The van der Waals surface area contributed by atoms with Gasteiger partial charge in [0.2, 0.25) is 0 Å². The number of unbranched alkanes of at least 4 members (excludes halogenated alkanes) is 1. The minimum atomic E-state index is 0. The number of hydrogen-bond acceptors (Lipinski definition) is 7. The van der Waals surface area contributed by atoms with Crippen molar-refractivity contribution in [2.75, 3.05) is 39.7 Å². The van der Waals surface area contributed by atoms with Gasteiger partial charge in [0.1, 0.15) is 5.82 Å². The minimum Gasteiger partial charge on any atom is -0.508 e. The van der Waals surface area contributed by atoms with Crippen molar-refractivity contribution in [3.8, 4) is 0 Å². The summed E-state index contributed by atoms with van der Waals surface area (Å²) in [4.78, 5) is 17.2. The molecule has 3 aliphatic rings. The molecule has 1 radical (unpaired) electrons. The molecule has 0 spiro atoms. The maximum absolute atomic E-state index is 4.40. The number of rotatable bonds is 8. The summed E-state index contributed by atoms with van der Waals surface area (Å²) >= 11 is 0. The molecule has 7 rings (SSSR count). The van der Waals surface area contributed by atoms with E-state index in [1.54, 1.807) is 0 Å². The summed E-state index contributed by atoms with van der Waals surface area (Å²) < 4.78 is 0. The Labute approximate surface area is 269 Å². The van der Waals surface area contributed by atoms with Crippen molar-refractivity contribution in [1.82, 2.24) is 14.8 Å². The largest absolute Gasteiger partial charge is 0.508 e. The van der Waals surface area contributed by atoms with E-state index < -0.39 is 0 Å². The molecule has 223 valence electrons. The first-order valence-electron chi connectivity index (χ1n) is 14.1. The molecule has 0 bridgehead atoms. The summed E-state index contributed by atoms with van der Waals surface area (Å²) in [5.74, 6) is 0.951. The molecule has 3 aromatic carbocycles. The third-order valence-corrected chi connectivity index (χ3v) is 7.02. The number of pyridine rings is 1. The van der Waals surface area contributed by atoms with Gasteiger partial charge in [0.15, 0.2) is 0 Å². The van der Waals surface area contributed by atoms with Gasteiger partial charge in [0.05, 0.1) is 0 Å². The summed E-state index contributed by atoms with van der Waals surface area (Å²) in [5.41, 5.74) is 4.26. The summed E-state index contributed by atoms with van der Waals surface area (Å²) in [5, 5.41) is 0. The number of benzene rings is 3. The van der Waals surface area contributed by atoms with Crippen molar-refractivity contribution in [2.24, 2.45) is 0 Å². The van der Waals surface area contributed by atoms with Crippen LogP contribution in [0.15, 0.2) is 116 Å². The quantitative estimate of drug-likeness (QED) is 0.146. The van der Waals surface area contributed by atoms with E-state index in [2.05, 4.69) is 104 Å². The SMILES string of the molecule is CN1[CH-]N(c2[c-]cccc2)c2ncccc21.[Ir].[c-]1ccccc1N1C=CN(CCCCN2C=CN(c3[c-]cccc3)[CH-]2)[CH-]1. The van der Waals surface area contributed by atoms with Gasteiger partial charge in [-0.25, -0.2) is 4.98 Å². The summed E-state index contributed by atoms with van der Waals surface area (Å²) in [7, 11) is 2.02. The van der Waals surface area contributed by atoms with Gasteiger partial charge < -0.3 is 29.4 Å². The molecule has 3 aliphatic heterocycles. The van der Waals surface area contributed by atoms with E-state index in [9.17, 15) is 0 Å². The topological polar surface area (TPSA) is 32.3 Å². The van der Waals surface area contributed by atoms with Crippen LogP contribution in [0.25, 0.3) is 0 Å². The number of aromatic nitrogens is 1. The molecular weight excluding hydrogens is 711 g/mol. The number of fused-ring (bicyclic) bond motifs is 1. The van der Waals surface area contributed by atoms with Gasteiger partial charge in [-0.05, 0) is 69.9 Å².